The zero-order valence-electron chi connectivity index (χ0n) is 7.79. The van der Waals surface area contributed by atoms with Gasteiger partial charge in [0.2, 0.25) is 0 Å². The van der Waals surface area contributed by atoms with Crippen molar-refractivity contribution in [2.75, 3.05) is 0 Å². The lowest BCUT2D eigenvalue weighted by Gasteiger charge is -2.06. The quantitative estimate of drug-likeness (QED) is 0.693. The third-order valence-corrected chi connectivity index (χ3v) is 2.08. The van der Waals surface area contributed by atoms with Crippen LogP contribution in [-0.2, 0) is 7.05 Å². The van der Waals surface area contributed by atoms with Gasteiger partial charge in [-0.25, -0.2) is 4.79 Å². The molecule has 0 radical (unpaired) electrons. The molecule has 1 aromatic heterocycles. The van der Waals surface area contributed by atoms with E-state index in [1.165, 1.54) is 4.57 Å². The predicted octanol–water partition coefficient (Wildman–Crippen LogP) is 0.700. The number of aromatic nitrogens is 1. The van der Waals surface area contributed by atoms with E-state index in [0.29, 0.717) is 5.56 Å². The molecule has 13 heavy (non-hydrogen) atoms. The van der Waals surface area contributed by atoms with Crippen LogP contribution in [-0.4, -0.2) is 15.6 Å². The monoisotopic (exact) mass is 181 g/mol. The lowest BCUT2D eigenvalue weighted by Crippen LogP contribution is -2.27. The molecule has 70 valence electrons. The highest BCUT2D eigenvalue weighted by Crippen LogP contribution is 2.04. The van der Waals surface area contributed by atoms with Gasteiger partial charge in [-0.3, -0.25) is 4.79 Å². The van der Waals surface area contributed by atoms with Crippen molar-refractivity contribution in [1.29, 1.82) is 0 Å². The molecule has 0 atom stereocenters. The molecule has 4 nitrogen and oxygen atoms in total. The Morgan fingerprint density at radius 2 is 2.00 bits per heavy atom. The first-order valence-corrected chi connectivity index (χ1v) is 3.85. The van der Waals surface area contributed by atoms with E-state index >= 15 is 0 Å². The van der Waals surface area contributed by atoms with Crippen LogP contribution in [0.3, 0.4) is 0 Å². The lowest BCUT2D eigenvalue weighted by atomic mass is 10.1. The summed E-state index contributed by atoms with van der Waals surface area (Å²) in [5, 5.41) is 8.75. The number of carboxylic acid groups (broad SMARTS) is 1. The van der Waals surface area contributed by atoms with E-state index in [2.05, 4.69) is 0 Å². The Hall–Kier alpha value is -1.58. The second kappa shape index (κ2) is 3.05. The van der Waals surface area contributed by atoms with Gasteiger partial charge in [0.05, 0.1) is 0 Å². The van der Waals surface area contributed by atoms with Crippen molar-refractivity contribution < 1.29 is 9.90 Å². The van der Waals surface area contributed by atoms with Gasteiger partial charge in [-0.1, -0.05) is 0 Å². The molecule has 0 aliphatic carbocycles. The van der Waals surface area contributed by atoms with Crippen LogP contribution >= 0.6 is 0 Å². The van der Waals surface area contributed by atoms with E-state index in [9.17, 15) is 9.59 Å². The Morgan fingerprint density at radius 1 is 1.46 bits per heavy atom. The average Bonchev–Trinajstić information content (AvgIpc) is 1.99. The summed E-state index contributed by atoms with van der Waals surface area (Å²) in [6, 6.07) is 1.69. The number of carbonyl (C=O) groups is 1. The molecule has 1 aromatic rings. The molecule has 1 rings (SSSR count). The molecule has 0 saturated carbocycles. The van der Waals surface area contributed by atoms with Crippen LogP contribution in [0.1, 0.15) is 21.6 Å². The highest BCUT2D eigenvalue weighted by molar-refractivity contribution is 5.88. The summed E-state index contributed by atoms with van der Waals surface area (Å²) >= 11 is 0. The summed E-state index contributed by atoms with van der Waals surface area (Å²) in [5.74, 6) is -1.17. The number of hydrogen-bond acceptors (Lipinski definition) is 2. The number of nitrogens with zero attached hydrogens (tertiary/aromatic N) is 1. The molecule has 0 spiro atoms. The number of pyridine rings is 1. The second-order valence-electron chi connectivity index (χ2n) is 3.01. The van der Waals surface area contributed by atoms with Gasteiger partial charge in [0, 0.05) is 12.7 Å². The van der Waals surface area contributed by atoms with E-state index in [-0.39, 0.29) is 5.56 Å². The third kappa shape index (κ3) is 1.47. The van der Waals surface area contributed by atoms with E-state index in [4.69, 9.17) is 5.11 Å². The van der Waals surface area contributed by atoms with Crippen molar-refractivity contribution in [3.8, 4) is 0 Å². The molecule has 1 heterocycles. The largest absolute Gasteiger partial charge is 0.477 e. The molecule has 0 bridgehead atoms. The summed E-state index contributed by atoms with van der Waals surface area (Å²) in [6.45, 7) is 3.39. The van der Waals surface area contributed by atoms with Crippen LogP contribution in [0.15, 0.2) is 10.9 Å². The van der Waals surface area contributed by atoms with Crippen LogP contribution in [0.25, 0.3) is 0 Å². The van der Waals surface area contributed by atoms with Crippen molar-refractivity contribution >= 4 is 5.97 Å². The maximum absolute atomic E-state index is 11.4. The maximum Gasteiger partial charge on any atom is 0.341 e. The van der Waals surface area contributed by atoms with Gasteiger partial charge >= 0.3 is 5.97 Å². The molecule has 1 N–H and O–H groups in total. The summed E-state index contributed by atoms with van der Waals surface area (Å²) in [6.07, 6.45) is 0. The van der Waals surface area contributed by atoms with Crippen molar-refractivity contribution in [2.24, 2.45) is 7.05 Å². The summed E-state index contributed by atoms with van der Waals surface area (Å²) in [4.78, 5) is 22.1. The Balaban J connectivity index is 3.63. The zero-order valence-corrected chi connectivity index (χ0v) is 7.79. The first kappa shape index (κ1) is 9.51. The number of rotatable bonds is 1. The van der Waals surface area contributed by atoms with Gasteiger partial charge in [-0.2, -0.15) is 0 Å². The lowest BCUT2D eigenvalue weighted by molar-refractivity contribution is 0.0693. The highest BCUT2D eigenvalue weighted by atomic mass is 16.4. The van der Waals surface area contributed by atoms with Gasteiger partial charge in [0.1, 0.15) is 5.56 Å². The SMILES string of the molecule is Cc1cc(C)n(C)c(=O)c1C(=O)O. The van der Waals surface area contributed by atoms with Crippen molar-refractivity contribution in [3.05, 3.63) is 33.2 Å². The van der Waals surface area contributed by atoms with Crippen molar-refractivity contribution in [2.45, 2.75) is 13.8 Å². The van der Waals surface area contributed by atoms with E-state index in [0.717, 1.165) is 5.69 Å². The Morgan fingerprint density at radius 3 is 2.46 bits per heavy atom. The summed E-state index contributed by atoms with van der Waals surface area (Å²) in [7, 11) is 1.56. The van der Waals surface area contributed by atoms with Crippen molar-refractivity contribution in [1.82, 2.24) is 4.57 Å². The van der Waals surface area contributed by atoms with Gasteiger partial charge in [0.25, 0.3) is 5.56 Å². The second-order valence-corrected chi connectivity index (χ2v) is 3.01. The normalized spacial score (nSPS) is 10.1. The predicted molar refractivity (Wildman–Crippen MR) is 48.1 cm³/mol. The Bertz CT molecular complexity index is 418. The third-order valence-electron chi connectivity index (χ3n) is 2.08. The van der Waals surface area contributed by atoms with E-state index < -0.39 is 11.5 Å². The fourth-order valence-electron chi connectivity index (χ4n) is 1.24. The van der Waals surface area contributed by atoms with Gasteiger partial charge in [0.15, 0.2) is 0 Å². The topological polar surface area (TPSA) is 59.3 Å². The minimum Gasteiger partial charge on any atom is -0.477 e. The first-order valence-electron chi connectivity index (χ1n) is 3.85. The summed E-state index contributed by atoms with van der Waals surface area (Å²) < 4.78 is 1.33. The Kier molecular flexibility index (Phi) is 2.23. The Labute approximate surface area is 75.4 Å². The van der Waals surface area contributed by atoms with E-state index in [1.54, 1.807) is 27.0 Å². The fraction of sp³-hybridized carbons (Fsp3) is 0.333. The van der Waals surface area contributed by atoms with Gasteiger partial charge in [-0.05, 0) is 25.5 Å². The molecule has 0 aromatic carbocycles. The number of hydrogen-bond donors (Lipinski definition) is 1. The smallest absolute Gasteiger partial charge is 0.341 e. The standard InChI is InChI=1S/C9H11NO3/c1-5-4-6(2)10(3)8(11)7(5)9(12)13/h4H,1-3H3,(H,12,13). The molecule has 0 aliphatic heterocycles. The maximum atomic E-state index is 11.4. The molecular weight excluding hydrogens is 170 g/mol. The van der Waals surface area contributed by atoms with Crippen LogP contribution < -0.4 is 5.56 Å². The molecule has 0 unspecified atom stereocenters. The molecular formula is C9H11NO3. The molecule has 0 aliphatic rings. The minimum atomic E-state index is -1.17. The molecule has 4 heteroatoms. The van der Waals surface area contributed by atoms with Crippen molar-refractivity contribution in [3.63, 3.8) is 0 Å². The zero-order chi connectivity index (χ0) is 10.2. The summed E-state index contributed by atoms with van der Waals surface area (Å²) in [5.41, 5.74) is 0.665. The number of aryl methyl sites for hydroxylation is 2. The highest BCUT2D eigenvalue weighted by Gasteiger charge is 2.14. The minimum absolute atomic E-state index is 0.145. The van der Waals surface area contributed by atoms with Crippen LogP contribution in [0.4, 0.5) is 0 Å². The molecule has 0 saturated heterocycles. The van der Waals surface area contributed by atoms with Crippen LogP contribution in [0, 0.1) is 13.8 Å². The average molecular weight is 181 g/mol. The van der Waals surface area contributed by atoms with Crippen LogP contribution in [0.2, 0.25) is 0 Å². The fourth-order valence-corrected chi connectivity index (χ4v) is 1.24. The van der Waals surface area contributed by atoms with Gasteiger partial charge in [-0.15, -0.1) is 0 Å². The van der Waals surface area contributed by atoms with E-state index in [1.807, 2.05) is 0 Å². The van der Waals surface area contributed by atoms with Crippen LogP contribution in [0.5, 0.6) is 0 Å². The number of carboxylic acids is 1. The number of aromatic carboxylic acids is 1. The molecule has 0 fully saturated rings. The first-order chi connectivity index (χ1) is 5.95. The van der Waals surface area contributed by atoms with Gasteiger partial charge < -0.3 is 9.67 Å². The molecule has 0 amide bonds.